The quantitative estimate of drug-likeness (QED) is 0.872. The Hall–Kier alpha value is -2.77. The second kappa shape index (κ2) is 7.42. The second-order valence-corrected chi connectivity index (χ2v) is 5.80. The summed E-state index contributed by atoms with van der Waals surface area (Å²) in [6.07, 6.45) is 2.70. The van der Waals surface area contributed by atoms with Gasteiger partial charge in [0, 0.05) is 25.1 Å². The third-order valence-corrected chi connectivity index (χ3v) is 4.23. The fraction of sp³-hybridized carbons (Fsp3) is 0.278. The highest BCUT2D eigenvalue weighted by Gasteiger charge is 2.34. The molecule has 0 aliphatic carbocycles. The van der Waals surface area contributed by atoms with E-state index in [1.165, 1.54) is 11.1 Å². The molecule has 130 valence electrons. The first kappa shape index (κ1) is 17.1. The Morgan fingerprint density at radius 2 is 2.12 bits per heavy atom. The van der Waals surface area contributed by atoms with Crippen molar-refractivity contribution in [1.29, 1.82) is 0 Å². The lowest BCUT2D eigenvalue weighted by Gasteiger charge is -2.38. The summed E-state index contributed by atoms with van der Waals surface area (Å²) in [7, 11) is 1.65. The fourth-order valence-electron chi connectivity index (χ4n) is 2.76. The maximum atomic E-state index is 12.1. The molecule has 0 unspecified atom stereocenters. The van der Waals surface area contributed by atoms with Crippen molar-refractivity contribution in [3.05, 3.63) is 59.9 Å². The number of amides is 2. The van der Waals surface area contributed by atoms with E-state index in [0.29, 0.717) is 11.3 Å². The molecule has 7 heteroatoms. The van der Waals surface area contributed by atoms with Gasteiger partial charge in [-0.3, -0.25) is 14.6 Å². The van der Waals surface area contributed by atoms with Gasteiger partial charge in [-0.25, -0.2) is 0 Å². The van der Waals surface area contributed by atoms with Gasteiger partial charge in [-0.2, -0.15) is 0 Å². The first-order chi connectivity index (χ1) is 12.1. The van der Waals surface area contributed by atoms with Crippen LogP contribution in [0.3, 0.4) is 0 Å². The van der Waals surface area contributed by atoms with Crippen LogP contribution in [0.25, 0.3) is 0 Å². The van der Waals surface area contributed by atoms with Crippen molar-refractivity contribution in [1.82, 2.24) is 9.88 Å². The zero-order valence-corrected chi connectivity index (χ0v) is 13.8. The van der Waals surface area contributed by atoms with E-state index >= 15 is 0 Å². The van der Waals surface area contributed by atoms with Crippen LogP contribution < -0.4 is 5.32 Å². The van der Waals surface area contributed by atoms with Gasteiger partial charge < -0.3 is 20.1 Å². The van der Waals surface area contributed by atoms with Gasteiger partial charge in [-0.15, -0.1) is 0 Å². The summed E-state index contributed by atoms with van der Waals surface area (Å²) >= 11 is 0. The Kier molecular flexibility index (Phi) is 5.06. The van der Waals surface area contributed by atoms with E-state index in [1.807, 2.05) is 12.1 Å². The van der Waals surface area contributed by atoms with E-state index in [-0.39, 0.29) is 25.0 Å². The number of hydrogen-bond acceptors (Lipinski definition) is 5. The van der Waals surface area contributed by atoms with Crippen molar-refractivity contribution >= 4 is 17.5 Å². The molecule has 0 radical (unpaired) electrons. The van der Waals surface area contributed by atoms with E-state index in [0.717, 1.165) is 5.56 Å². The minimum atomic E-state index is -0.433. The summed E-state index contributed by atoms with van der Waals surface area (Å²) in [6, 6.07) is 10.1. The van der Waals surface area contributed by atoms with Gasteiger partial charge in [0.2, 0.25) is 5.91 Å². The molecule has 3 rings (SSSR count). The molecule has 0 saturated carbocycles. The topological polar surface area (TPSA) is 91.8 Å². The van der Waals surface area contributed by atoms with Crippen LogP contribution in [0, 0.1) is 0 Å². The van der Waals surface area contributed by atoms with Crippen molar-refractivity contribution in [3.63, 3.8) is 0 Å². The van der Waals surface area contributed by atoms with Gasteiger partial charge >= 0.3 is 0 Å². The number of carbonyl (C=O) groups excluding carboxylic acids is 2. The monoisotopic (exact) mass is 341 g/mol. The lowest BCUT2D eigenvalue weighted by Crippen LogP contribution is -2.50. The number of anilines is 1. The van der Waals surface area contributed by atoms with Crippen LogP contribution in [0.15, 0.2) is 48.8 Å². The maximum absolute atomic E-state index is 12.1. The van der Waals surface area contributed by atoms with Gasteiger partial charge in [0.25, 0.3) is 5.91 Å². The number of nitrogens with zero attached hydrogens (tertiary/aromatic N) is 2. The number of pyridine rings is 1. The lowest BCUT2D eigenvalue weighted by atomic mass is 9.99. The highest BCUT2D eigenvalue weighted by Crippen LogP contribution is 2.29. The maximum Gasteiger partial charge on any atom is 0.257 e. The Balaban J connectivity index is 1.72. The molecule has 7 nitrogen and oxygen atoms in total. The van der Waals surface area contributed by atoms with Crippen LogP contribution >= 0.6 is 0 Å². The average molecular weight is 341 g/mol. The molecule has 2 aromatic rings. The fourth-order valence-corrected chi connectivity index (χ4v) is 2.76. The summed E-state index contributed by atoms with van der Waals surface area (Å²) < 4.78 is 5.59. The standard InChI is InChI=1S/C18H19N3O4/c1-21-15(10-22)17(25-11-16(21)23)12-4-6-14(7-5-12)20-18(24)13-3-2-8-19-9-13/h2-9,15,17,22H,10-11H2,1H3,(H,20,24)/t15-,17-/m1/s1. The molecule has 0 bridgehead atoms. The molecule has 2 amide bonds. The number of ether oxygens (including phenoxy) is 1. The molecule has 25 heavy (non-hydrogen) atoms. The van der Waals surface area contributed by atoms with Crippen molar-refractivity contribution in [3.8, 4) is 0 Å². The molecule has 0 spiro atoms. The van der Waals surface area contributed by atoms with E-state index in [1.54, 1.807) is 37.5 Å². The first-order valence-electron chi connectivity index (χ1n) is 7.89. The summed E-state index contributed by atoms with van der Waals surface area (Å²) in [4.78, 5) is 29.2. The predicted molar refractivity (Wildman–Crippen MR) is 91.0 cm³/mol. The van der Waals surface area contributed by atoms with Crippen molar-refractivity contribution in [2.45, 2.75) is 12.1 Å². The number of benzene rings is 1. The van der Waals surface area contributed by atoms with Crippen molar-refractivity contribution in [2.75, 3.05) is 25.6 Å². The first-order valence-corrected chi connectivity index (χ1v) is 7.89. The van der Waals surface area contributed by atoms with Crippen LogP contribution in [0.1, 0.15) is 22.0 Å². The Morgan fingerprint density at radius 3 is 2.76 bits per heavy atom. The normalized spacial score (nSPS) is 20.4. The van der Waals surface area contributed by atoms with E-state index in [2.05, 4.69) is 10.3 Å². The number of likely N-dealkylation sites (N-methyl/N-ethyl adjacent to an activating group) is 1. The molecule has 2 atom stereocenters. The SMILES string of the molecule is CN1C(=O)CO[C@H](c2ccc(NC(=O)c3cccnc3)cc2)[C@H]1CO. The third kappa shape index (κ3) is 3.67. The molecule has 1 aromatic carbocycles. The van der Waals surface area contributed by atoms with Crippen molar-refractivity contribution in [2.24, 2.45) is 0 Å². The Bertz CT molecular complexity index is 749. The van der Waals surface area contributed by atoms with Crippen LogP contribution in [0.4, 0.5) is 5.69 Å². The zero-order valence-electron chi connectivity index (χ0n) is 13.8. The summed E-state index contributed by atoms with van der Waals surface area (Å²) in [5, 5.41) is 12.4. The zero-order chi connectivity index (χ0) is 17.8. The van der Waals surface area contributed by atoms with Gasteiger partial charge in [0.15, 0.2) is 0 Å². The van der Waals surface area contributed by atoms with Gasteiger partial charge in [0.05, 0.1) is 18.2 Å². The number of aromatic nitrogens is 1. The molecule has 1 fully saturated rings. The second-order valence-electron chi connectivity index (χ2n) is 5.80. The molecular weight excluding hydrogens is 322 g/mol. The van der Waals surface area contributed by atoms with E-state index in [4.69, 9.17) is 4.74 Å². The molecular formula is C18H19N3O4. The highest BCUT2D eigenvalue weighted by atomic mass is 16.5. The molecule has 2 heterocycles. The van der Waals surface area contributed by atoms with Gasteiger partial charge in [-0.1, -0.05) is 12.1 Å². The predicted octanol–water partition coefficient (Wildman–Crippen LogP) is 1.22. The number of nitrogens with one attached hydrogen (secondary N) is 1. The van der Waals surface area contributed by atoms with Crippen LogP contribution in [0.2, 0.25) is 0 Å². The van der Waals surface area contributed by atoms with Crippen molar-refractivity contribution < 1.29 is 19.4 Å². The van der Waals surface area contributed by atoms with Gasteiger partial charge in [0.1, 0.15) is 12.7 Å². The largest absolute Gasteiger partial charge is 0.394 e. The molecule has 1 saturated heterocycles. The Morgan fingerprint density at radius 1 is 1.36 bits per heavy atom. The highest BCUT2D eigenvalue weighted by molar-refractivity contribution is 6.04. The molecule has 1 aliphatic rings. The molecule has 2 N–H and O–H groups in total. The van der Waals surface area contributed by atoms with Crippen LogP contribution in [0.5, 0.6) is 0 Å². The van der Waals surface area contributed by atoms with Crippen LogP contribution in [-0.4, -0.2) is 53.1 Å². The number of carbonyl (C=O) groups is 2. The number of rotatable bonds is 4. The number of aliphatic hydroxyl groups excluding tert-OH is 1. The summed E-state index contributed by atoms with van der Waals surface area (Å²) in [6.45, 7) is -0.205. The molecule has 1 aliphatic heterocycles. The van der Waals surface area contributed by atoms with Gasteiger partial charge in [-0.05, 0) is 29.8 Å². The minimum absolute atomic E-state index is 0.0167. The summed E-state index contributed by atoms with van der Waals surface area (Å²) in [5.41, 5.74) is 1.94. The average Bonchev–Trinajstić information content (AvgIpc) is 2.65. The Labute approximate surface area is 145 Å². The minimum Gasteiger partial charge on any atom is -0.394 e. The summed E-state index contributed by atoms with van der Waals surface area (Å²) in [5.74, 6) is -0.399. The number of morpholine rings is 1. The van der Waals surface area contributed by atoms with E-state index in [9.17, 15) is 14.7 Å². The smallest absolute Gasteiger partial charge is 0.257 e. The molecule has 1 aromatic heterocycles. The number of aliphatic hydroxyl groups is 1. The third-order valence-electron chi connectivity index (χ3n) is 4.23. The van der Waals surface area contributed by atoms with E-state index < -0.39 is 12.1 Å². The number of hydrogen-bond donors (Lipinski definition) is 2. The van der Waals surface area contributed by atoms with Crippen LogP contribution in [-0.2, 0) is 9.53 Å². The lowest BCUT2D eigenvalue weighted by molar-refractivity contribution is -0.157.